The molecule has 1 N–H and O–H groups in total. The van der Waals surface area contributed by atoms with Gasteiger partial charge in [-0.3, -0.25) is 9.59 Å². The SMILES string of the molecule is Cc1cccc(C(=O)N2CCC(NC(=O)C(C)(C)CCl)CC2)c1. The molecule has 0 spiro atoms. The summed E-state index contributed by atoms with van der Waals surface area (Å²) in [6, 6.07) is 7.78. The number of likely N-dealkylation sites (tertiary alicyclic amines) is 1. The second kappa shape index (κ2) is 7.35. The number of piperidine rings is 1. The smallest absolute Gasteiger partial charge is 0.253 e. The van der Waals surface area contributed by atoms with Crippen LogP contribution in [0.25, 0.3) is 0 Å². The monoisotopic (exact) mass is 336 g/mol. The third-order valence-electron chi connectivity index (χ3n) is 4.33. The van der Waals surface area contributed by atoms with E-state index in [-0.39, 0.29) is 17.9 Å². The Morgan fingerprint density at radius 3 is 2.52 bits per heavy atom. The highest BCUT2D eigenvalue weighted by atomic mass is 35.5. The zero-order valence-corrected chi connectivity index (χ0v) is 14.8. The van der Waals surface area contributed by atoms with Crippen molar-refractivity contribution in [1.82, 2.24) is 10.2 Å². The average Bonchev–Trinajstić information content (AvgIpc) is 2.54. The zero-order chi connectivity index (χ0) is 17.0. The van der Waals surface area contributed by atoms with Crippen molar-refractivity contribution < 1.29 is 9.59 Å². The molecule has 1 heterocycles. The molecule has 5 heteroatoms. The number of alkyl halides is 1. The van der Waals surface area contributed by atoms with E-state index in [0.29, 0.717) is 19.0 Å². The van der Waals surface area contributed by atoms with Crippen molar-refractivity contribution in [2.45, 2.75) is 39.7 Å². The first kappa shape index (κ1) is 17.8. The molecule has 0 unspecified atom stereocenters. The third kappa shape index (κ3) is 4.47. The molecule has 0 bridgehead atoms. The number of benzene rings is 1. The number of nitrogens with one attached hydrogen (secondary N) is 1. The molecule has 1 fully saturated rings. The number of rotatable bonds is 4. The Morgan fingerprint density at radius 2 is 1.96 bits per heavy atom. The van der Waals surface area contributed by atoms with E-state index in [1.807, 2.05) is 49.9 Å². The first-order valence-electron chi connectivity index (χ1n) is 8.06. The van der Waals surface area contributed by atoms with Crippen LogP contribution < -0.4 is 5.32 Å². The van der Waals surface area contributed by atoms with Crippen molar-refractivity contribution in [3.05, 3.63) is 35.4 Å². The van der Waals surface area contributed by atoms with Crippen LogP contribution in [-0.2, 0) is 4.79 Å². The average molecular weight is 337 g/mol. The Morgan fingerprint density at radius 1 is 1.30 bits per heavy atom. The fourth-order valence-corrected chi connectivity index (χ4v) is 2.75. The number of amides is 2. The maximum Gasteiger partial charge on any atom is 0.253 e. The lowest BCUT2D eigenvalue weighted by Gasteiger charge is -2.34. The highest BCUT2D eigenvalue weighted by molar-refractivity contribution is 6.19. The van der Waals surface area contributed by atoms with Gasteiger partial charge in [-0.1, -0.05) is 17.7 Å². The van der Waals surface area contributed by atoms with Gasteiger partial charge in [0.15, 0.2) is 0 Å². The Kier molecular flexibility index (Phi) is 5.69. The molecule has 2 amide bonds. The number of nitrogens with zero attached hydrogens (tertiary/aromatic N) is 1. The van der Waals surface area contributed by atoms with Crippen LogP contribution in [0.2, 0.25) is 0 Å². The second-order valence-corrected chi connectivity index (χ2v) is 7.19. The largest absolute Gasteiger partial charge is 0.353 e. The molecule has 0 saturated carbocycles. The predicted octanol–water partition coefficient (Wildman–Crippen LogP) is 2.98. The molecule has 4 nitrogen and oxygen atoms in total. The first-order valence-corrected chi connectivity index (χ1v) is 8.60. The quantitative estimate of drug-likeness (QED) is 0.859. The highest BCUT2D eigenvalue weighted by Gasteiger charge is 2.30. The molecule has 0 aromatic heterocycles. The van der Waals surface area contributed by atoms with Crippen LogP contribution in [0.4, 0.5) is 0 Å². The topological polar surface area (TPSA) is 49.4 Å². The summed E-state index contributed by atoms with van der Waals surface area (Å²) in [6.07, 6.45) is 1.56. The predicted molar refractivity (Wildman–Crippen MR) is 92.7 cm³/mol. The normalized spacial score (nSPS) is 16.3. The summed E-state index contributed by atoms with van der Waals surface area (Å²) in [5.41, 5.74) is 1.26. The molecule has 1 aliphatic rings. The Labute approximate surface area is 143 Å². The summed E-state index contributed by atoms with van der Waals surface area (Å²) in [7, 11) is 0. The van der Waals surface area contributed by atoms with Gasteiger partial charge in [0.2, 0.25) is 5.91 Å². The van der Waals surface area contributed by atoms with Crippen molar-refractivity contribution in [1.29, 1.82) is 0 Å². The number of halogens is 1. The van der Waals surface area contributed by atoms with E-state index >= 15 is 0 Å². The van der Waals surface area contributed by atoms with Crippen molar-refractivity contribution in [2.75, 3.05) is 19.0 Å². The van der Waals surface area contributed by atoms with E-state index in [9.17, 15) is 9.59 Å². The van der Waals surface area contributed by atoms with E-state index in [0.717, 1.165) is 24.0 Å². The zero-order valence-electron chi connectivity index (χ0n) is 14.1. The Hall–Kier alpha value is -1.55. The standard InChI is InChI=1S/C18H25ClN2O2/c1-13-5-4-6-14(11-13)16(22)21-9-7-15(8-10-21)20-17(23)18(2,3)12-19/h4-6,11,15H,7-10,12H2,1-3H3,(H,20,23). The summed E-state index contributed by atoms with van der Waals surface area (Å²) in [4.78, 5) is 26.5. The maximum atomic E-state index is 12.5. The van der Waals surface area contributed by atoms with Gasteiger partial charge in [-0.05, 0) is 45.7 Å². The molecule has 0 aliphatic carbocycles. The molecule has 0 radical (unpaired) electrons. The van der Waals surface area contributed by atoms with Crippen molar-refractivity contribution in [3.63, 3.8) is 0 Å². The van der Waals surface area contributed by atoms with Crippen molar-refractivity contribution in [3.8, 4) is 0 Å². The number of aryl methyl sites for hydroxylation is 1. The first-order chi connectivity index (χ1) is 10.8. The van der Waals surface area contributed by atoms with Gasteiger partial charge in [0.1, 0.15) is 0 Å². The van der Waals surface area contributed by atoms with E-state index in [4.69, 9.17) is 11.6 Å². The van der Waals surface area contributed by atoms with Crippen LogP contribution in [0.15, 0.2) is 24.3 Å². The maximum absolute atomic E-state index is 12.5. The third-order valence-corrected chi connectivity index (χ3v) is 5.00. The van der Waals surface area contributed by atoms with Gasteiger partial charge in [0.05, 0.1) is 5.41 Å². The van der Waals surface area contributed by atoms with E-state index in [1.165, 1.54) is 0 Å². The minimum atomic E-state index is -0.559. The van der Waals surface area contributed by atoms with Gasteiger partial charge >= 0.3 is 0 Å². The number of carbonyl (C=O) groups excluding carboxylic acids is 2. The summed E-state index contributed by atoms with van der Waals surface area (Å²) in [6.45, 7) is 6.99. The lowest BCUT2D eigenvalue weighted by Crippen LogP contribution is -2.49. The van der Waals surface area contributed by atoms with E-state index < -0.39 is 5.41 Å². The van der Waals surface area contributed by atoms with Crippen LogP contribution in [0, 0.1) is 12.3 Å². The fourth-order valence-electron chi connectivity index (χ4n) is 2.63. The molecule has 2 rings (SSSR count). The molecule has 1 aliphatic heterocycles. The summed E-state index contributed by atoms with van der Waals surface area (Å²) >= 11 is 5.84. The van der Waals surface area contributed by atoms with Gasteiger partial charge in [-0.2, -0.15) is 0 Å². The molecule has 0 atom stereocenters. The van der Waals surface area contributed by atoms with Crippen LogP contribution >= 0.6 is 11.6 Å². The van der Waals surface area contributed by atoms with Gasteiger partial charge in [0, 0.05) is 30.6 Å². The van der Waals surface area contributed by atoms with Gasteiger partial charge in [-0.25, -0.2) is 0 Å². The lowest BCUT2D eigenvalue weighted by molar-refractivity contribution is -0.129. The molecule has 23 heavy (non-hydrogen) atoms. The number of carbonyl (C=O) groups is 2. The molecule has 1 saturated heterocycles. The Bertz CT molecular complexity index is 578. The molecule has 1 aromatic carbocycles. The van der Waals surface area contributed by atoms with Gasteiger partial charge in [-0.15, -0.1) is 11.6 Å². The number of hydrogen-bond donors (Lipinski definition) is 1. The fraction of sp³-hybridized carbons (Fsp3) is 0.556. The highest BCUT2D eigenvalue weighted by Crippen LogP contribution is 2.20. The minimum Gasteiger partial charge on any atom is -0.353 e. The molecular formula is C18H25ClN2O2. The van der Waals surface area contributed by atoms with Crippen LogP contribution in [0.5, 0.6) is 0 Å². The van der Waals surface area contributed by atoms with Crippen LogP contribution in [-0.4, -0.2) is 41.7 Å². The van der Waals surface area contributed by atoms with Crippen LogP contribution in [0.1, 0.15) is 42.6 Å². The van der Waals surface area contributed by atoms with Crippen LogP contribution in [0.3, 0.4) is 0 Å². The van der Waals surface area contributed by atoms with E-state index in [2.05, 4.69) is 5.32 Å². The molecule has 126 valence electrons. The minimum absolute atomic E-state index is 0.0176. The lowest BCUT2D eigenvalue weighted by atomic mass is 9.93. The summed E-state index contributed by atoms with van der Waals surface area (Å²) < 4.78 is 0. The molecular weight excluding hydrogens is 312 g/mol. The van der Waals surface area contributed by atoms with Gasteiger partial charge < -0.3 is 10.2 Å². The summed E-state index contributed by atoms with van der Waals surface area (Å²) in [5.74, 6) is 0.347. The van der Waals surface area contributed by atoms with Crippen molar-refractivity contribution >= 4 is 23.4 Å². The van der Waals surface area contributed by atoms with Gasteiger partial charge in [0.25, 0.3) is 5.91 Å². The van der Waals surface area contributed by atoms with E-state index in [1.54, 1.807) is 0 Å². The van der Waals surface area contributed by atoms with Crippen molar-refractivity contribution in [2.24, 2.45) is 5.41 Å². The number of hydrogen-bond acceptors (Lipinski definition) is 2. The summed E-state index contributed by atoms with van der Waals surface area (Å²) in [5, 5.41) is 3.06. The Balaban J connectivity index is 1.89. The second-order valence-electron chi connectivity index (χ2n) is 6.93. The molecule has 1 aromatic rings.